The highest BCUT2D eigenvalue weighted by Crippen LogP contribution is 2.26. The molecule has 5 heteroatoms. The first-order chi connectivity index (χ1) is 11.2. The van der Waals surface area contributed by atoms with E-state index in [1.165, 1.54) is 11.1 Å². The minimum Gasteiger partial charge on any atom is -0.495 e. The van der Waals surface area contributed by atoms with Gasteiger partial charge >= 0.3 is 0 Å². The molecule has 0 saturated carbocycles. The molecular formula is C18H21N3O2. The Morgan fingerprint density at radius 1 is 1.26 bits per heavy atom. The van der Waals surface area contributed by atoms with E-state index in [2.05, 4.69) is 28.4 Å². The summed E-state index contributed by atoms with van der Waals surface area (Å²) in [6.07, 6.45) is 0.977. The van der Waals surface area contributed by atoms with E-state index in [4.69, 9.17) is 10.5 Å². The number of amides is 1. The highest BCUT2D eigenvalue weighted by atomic mass is 16.5. The summed E-state index contributed by atoms with van der Waals surface area (Å²) in [5.41, 5.74) is 9.65. The topological polar surface area (TPSA) is 67.6 Å². The van der Waals surface area contributed by atoms with Crippen LogP contribution in [0.2, 0.25) is 0 Å². The van der Waals surface area contributed by atoms with Crippen LogP contribution >= 0.6 is 0 Å². The van der Waals surface area contributed by atoms with Gasteiger partial charge in [-0.3, -0.25) is 9.69 Å². The molecule has 0 spiro atoms. The predicted octanol–water partition coefficient (Wildman–Crippen LogP) is 2.27. The van der Waals surface area contributed by atoms with Gasteiger partial charge in [0, 0.05) is 18.8 Å². The van der Waals surface area contributed by atoms with Crippen molar-refractivity contribution in [1.82, 2.24) is 4.90 Å². The highest BCUT2D eigenvalue weighted by molar-refractivity contribution is 5.94. The number of methoxy groups -OCH3 is 1. The van der Waals surface area contributed by atoms with Gasteiger partial charge in [-0.05, 0) is 35.7 Å². The predicted molar refractivity (Wildman–Crippen MR) is 91.5 cm³/mol. The molecule has 1 heterocycles. The molecule has 1 aliphatic heterocycles. The Labute approximate surface area is 136 Å². The largest absolute Gasteiger partial charge is 0.495 e. The molecule has 3 rings (SSSR count). The van der Waals surface area contributed by atoms with Gasteiger partial charge in [-0.2, -0.15) is 0 Å². The standard InChI is InChI=1S/C18H21N3O2/c1-23-17-7-6-15(19)10-16(17)20-18(22)12-21-9-8-13-4-2-3-5-14(13)11-21/h2-7,10H,8-9,11-12,19H2,1H3,(H,20,22). The van der Waals surface area contributed by atoms with Crippen molar-refractivity contribution < 1.29 is 9.53 Å². The summed E-state index contributed by atoms with van der Waals surface area (Å²) in [4.78, 5) is 14.5. The van der Waals surface area contributed by atoms with Gasteiger partial charge in [-0.1, -0.05) is 24.3 Å². The van der Waals surface area contributed by atoms with Gasteiger partial charge in [0.1, 0.15) is 5.75 Å². The number of nitrogens with two attached hydrogens (primary N) is 1. The number of nitrogens with one attached hydrogen (secondary N) is 1. The first-order valence-corrected chi connectivity index (χ1v) is 7.68. The Morgan fingerprint density at radius 2 is 2.04 bits per heavy atom. The molecule has 120 valence electrons. The van der Waals surface area contributed by atoms with Crippen LogP contribution < -0.4 is 15.8 Å². The molecule has 0 bridgehead atoms. The van der Waals surface area contributed by atoms with E-state index in [9.17, 15) is 4.79 Å². The lowest BCUT2D eigenvalue weighted by molar-refractivity contribution is -0.117. The van der Waals surface area contributed by atoms with E-state index < -0.39 is 0 Å². The van der Waals surface area contributed by atoms with Crippen molar-refractivity contribution >= 4 is 17.3 Å². The van der Waals surface area contributed by atoms with E-state index in [0.717, 1.165) is 19.5 Å². The third-order valence-corrected chi connectivity index (χ3v) is 4.07. The van der Waals surface area contributed by atoms with Crippen molar-refractivity contribution in [2.45, 2.75) is 13.0 Å². The smallest absolute Gasteiger partial charge is 0.238 e. The number of fused-ring (bicyclic) bond motifs is 1. The summed E-state index contributed by atoms with van der Waals surface area (Å²) in [5.74, 6) is 0.546. The summed E-state index contributed by atoms with van der Waals surface area (Å²) < 4.78 is 5.25. The second-order valence-corrected chi connectivity index (χ2v) is 5.74. The van der Waals surface area contributed by atoms with Crippen molar-refractivity contribution in [1.29, 1.82) is 0 Å². The zero-order chi connectivity index (χ0) is 16.2. The monoisotopic (exact) mass is 311 g/mol. The van der Waals surface area contributed by atoms with Crippen LogP contribution in [0.1, 0.15) is 11.1 Å². The van der Waals surface area contributed by atoms with Crippen LogP contribution in [0.15, 0.2) is 42.5 Å². The number of carbonyl (C=O) groups excluding carboxylic acids is 1. The number of hydrogen-bond donors (Lipinski definition) is 2. The second-order valence-electron chi connectivity index (χ2n) is 5.74. The zero-order valence-electron chi connectivity index (χ0n) is 13.2. The van der Waals surface area contributed by atoms with Crippen LogP contribution in [-0.2, 0) is 17.8 Å². The molecule has 2 aromatic rings. The molecule has 1 aliphatic rings. The normalized spacial score (nSPS) is 14.1. The van der Waals surface area contributed by atoms with E-state index in [1.54, 1.807) is 25.3 Å². The number of benzene rings is 2. The quantitative estimate of drug-likeness (QED) is 0.850. The SMILES string of the molecule is COc1ccc(N)cc1NC(=O)CN1CCc2ccccc2C1. The molecule has 2 aromatic carbocycles. The van der Waals surface area contributed by atoms with Crippen LogP contribution in [0.3, 0.4) is 0 Å². The number of hydrogen-bond acceptors (Lipinski definition) is 4. The lowest BCUT2D eigenvalue weighted by atomic mass is 10.00. The van der Waals surface area contributed by atoms with Gasteiger partial charge in [-0.25, -0.2) is 0 Å². The second kappa shape index (κ2) is 6.71. The van der Waals surface area contributed by atoms with E-state index in [-0.39, 0.29) is 5.91 Å². The Morgan fingerprint density at radius 3 is 2.83 bits per heavy atom. The number of ether oxygens (including phenoxy) is 1. The first-order valence-electron chi connectivity index (χ1n) is 7.68. The van der Waals surface area contributed by atoms with Crippen LogP contribution in [0.25, 0.3) is 0 Å². The number of rotatable bonds is 4. The number of nitrogen functional groups attached to an aromatic ring is 1. The molecule has 3 N–H and O–H groups in total. The first kappa shape index (κ1) is 15.4. The van der Waals surface area contributed by atoms with Crippen molar-refractivity contribution in [2.75, 3.05) is 31.2 Å². The average Bonchev–Trinajstić information content (AvgIpc) is 2.55. The van der Waals surface area contributed by atoms with Crippen molar-refractivity contribution in [3.8, 4) is 5.75 Å². The summed E-state index contributed by atoms with van der Waals surface area (Å²) >= 11 is 0. The minimum atomic E-state index is -0.0618. The third kappa shape index (κ3) is 3.63. The van der Waals surface area contributed by atoms with Gasteiger partial charge in [-0.15, -0.1) is 0 Å². The Hall–Kier alpha value is -2.53. The van der Waals surface area contributed by atoms with Gasteiger partial charge in [0.15, 0.2) is 0 Å². The van der Waals surface area contributed by atoms with E-state index in [1.807, 2.05) is 6.07 Å². The van der Waals surface area contributed by atoms with Gasteiger partial charge in [0.25, 0.3) is 0 Å². The molecular weight excluding hydrogens is 290 g/mol. The maximum Gasteiger partial charge on any atom is 0.238 e. The van der Waals surface area contributed by atoms with Crippen LogP contribution in [-0.4, -0.2) is 31.0 Å². The molecule has 0 unspecified atom stereocenters. The summed E-state index contributed by atoms with van der Waals surface area (Å²) in [6.45, 7) is 2.04. The molecule has 0 aliphatic carbocycles. The lowest BCUT2D eigenvalue weighted by Crippen LogP contribution is -2.37. The summed E-state index contributed by atoms with van der Waals surface area (Å²) in [6, 6.07) is 13.6. The van der Waals surface area contributed by atoms with Gasteiger partial charge in [0.05, 0.1) is 19.3 Å². The molecule has 23 heavy (non-hydrogen) atoms. The number of nitrogens with zero attached hydrogens (tertiary/aromatic N) is 1. The van der Waals surface area contributed by atoms with Crippen molar-refractivity contribution in [3.05, 3.63) is 53.6 Å². The Bertz CT molecular complexity index is 715. The summed E-state index contributed by atoms with van der Waals surface area (Å²) in [7, 11) is 1.57. The molecule has 0 saturated heterocycles. The Balaban J connectivity index is 1.63. The molecule has 1 amide bonds. The lowest BCUT2D eigenvalue weighted by Gasteiger charge is -2.28. The zero-order valence-corrected chi connectivity index (χ0v) is 13.2. The van der Waals surface area contributed by atoms with Crippen LogP contribution in [0.4, 0.5) is 11.4 Å². The van der Waals surface area contributed by atoms with Crippen molar-refractivity contribution in [3.63, 3.8) is 0 Å². The third-order valence-electron chi connectivity index (χ3n) is 4.07. The maximum atomic E-state index is 12.3. The van der Waals surface area contributed by atoms with E-state index in [0.29, 0.717) is 23.7 Å². The molecule has 5 nitrogen and oxygen atoms in total. The fourth-order valence-corrected chi connectivity index (χ4v) is 2.91. The fraction of sp³-hybridized carbons (Fsp3) is 0.278. The minimum absolute atomic E-state index is 0.0618. The average molecular weight is 311 g/mol. The summed E-state index contributed by atoms with van der Waals surface area (Å²) in [5, 5.41) is 2.89. The van der Waals surface area contributed by atoms with Gasteiger partial charge in [0.2, 0.25) is 5.91 Å². The number of anilines is 2. The highest BCUT2D eigenvalue weighted by Gasteiger charge is 2.18. The van der Waals surface area contributed by atoms with Crippen LogP contribution in [0, 0.1) is 0 Å². The van der Waals surface area contributed by atoms with Gasteiger partial charge < -0.3 is 15.8 Å². The Kier molecular flexibility index (Phi) is 4.48. The van der Waals surface area contributed by atoms with E-state index >= 15 is 0 Å². The molecule has 0 atom stereocenters. The van der Waals surface area contributed by atoms with Crippen LogP contribution in [0.5, 0.6) is 5.75 Å². The molecule has 0 fully saturated rings. The molecule has 0 radical (unpaired) electrons. The maximum absolute atomic E-state index is 12.3. The molecule has 0 aromatic heterocycles. The number of carbonyl (C=O) groups is 1. The fourth-order valence-electron chi connectivity index (χ4n) is 2.91. The van der Waals surface area contributed by atoms with Crippen molar-refractivity contribution in [2.24, 2.45) is 0 Å².